The van der Waals surface area contributed by atoms with Crippen LogP contribution in [0.5, 0.6) is 0 Å². The predicted octanol–water partition coefficient (Wildman–Crippen LogP) is 3.89. The van der Waals surface area contributed by atoms with Gasteiger partial charge in [-0.15, -0.1) is 0 Å². The van der Waals surface area contributed by atoms with Gasteiger partial charge in [-0.05, 0) is 64.9 Å². The molecule has 1 aromatic heterocycles. The predicted molar refractivity (Wildman–Crippen MR) is 105 cm³/mol. The molecule has 128 valence electrons. The van der Waals surface area contributed by atoms with Crippen molar-refractivity contribution in [2.75, 3.05) is 11.9 Å². The molecule has 0 aliphatic heterocycles. The third kappa shape index (κ3) is 4.82. The number of para-hydroxylation sites is 1. The average Bonchev–Trinajstić information content (AvgIpc) is 3.03. The number of anilines is 1. The van der Waals surface area contributed by atoms with Crippen molar-refractivity contribution < 1.29 is 14.3 Å². The number of halogens is 1. The lowest BCUT2D eigenvalue weighted by molar-refractivity contribution is -0.147. The van der Waals surface area contributed by atoms with Gasteiger partial charge in [0.1, 0.15) is 0 Å². The Morgan fingerprint density at radius 2 is 1.84 bits per heavy atom. The van der Waals surface area contributed by atoms with Gasteiger partial charge >= 0.3 is 5.97 Å². The zero-order valence-electron chi connectivity index (χ0n) is 13.4. The zero-order chi connectivity index (χ0) is 17.6. The van der Waals surface area contributed by atoms with Crippen molar-refractivity contribution in [3.63, 3.8) is 0 Å². The number of aryl methyl sites for hydroxylation is 1. The van der Waals surface area contributed by atoms with E-state index in [0.29, 0.717) is 12.1 Å². The number of fused-ring (bicyclic) bond motifs is 1. The third-order valence-corrected chi connectivity index (χ3v) is 4.48. The minimum absolute atomic E-state index is 0.235. The molecule has 3 rings (SSSR count). The van der Waals surface area contributed by atoms with Crippen LogP contribution in [-0.2, 0) is 20.7 Å². The molecular weight excluding hydrogens is 431 g/mol. The van der Waals surface area contributed by atoms with E-state index >= 15 is 0 Å². The number of nitrogens with one attached hydrogen (secondary N) is 2. The highest BCUT2D eigenvalue weighted by Gasteiger charge is 2.10. The first-order valence-corrected chi connectivity index (χ1v) is 8.96. The second-order valence-corrected chi connectivity index (χ2v) is 6.82. The van der Waals surface area contributed by atoms with Crippen molar-refractivity contribution >= 4 is 51.1 Å². The van der Waals surface area contributed by atoms with Crippen LogP contribution in [-0.4, -0.2) is 23.5 Å². The minimum Gasteiger partial charge on any atom is -0.456 e. The van der Waals surface area contributed by atoms with Gasteiger partial charge in [0.2, 0.25) is 0 Å². The van der Waals surface area contributed by atoms with Crippen LogP contribution in [0.3, 0.4) is 0 Å². The summed E-state index contributed by atoms with van der Waals surface area (Å²) in [4.78, 5) is 26.9. The van der Waals surface area contributed by atoms with Crippen molar-refractivity contribution in [2.24, 2.45) is 0 Å². The van der Waals surface area contributed by atoms with Crippen LogP contribution < -0.4 is 5.32 Å². The van der Waals surface area contributed by atoms with E-state index in [0.717, 1.165) is 20.0 Å². The van der Waals surface area contributed by atoms with Crippen LogP contribution in [0.1, 0.15) is 12.0 Å². The van der Waals surface area contributed by atoms with E-state index in [4.69, 9.17) is 4.74 Å². The van der Waals surface area contributed by atoms with Gasteiger partial charge in [0.05, 0.1) is 0 Å². The number of aromatic amines is 1. The molecule has 0 saturated carbocycles. The average molecular weight is 448 g/mol. The van der Waals surface area contributed by atoms with Crippen LogP contribution in [0.25, 0.3) is 10.9 Å². The monoisotopic (exact) mass is 448 g/mol. The summed E-state index contributed by atoms with van der Waals surface area (Å²) in [5.74, 6) is -0.732. The molecule has 6 heteroatoms. The fourth-order valence-electron chi connectivity index (χ4n) is 2.52. The third-order valence-electron chi connectivity index (χ3n) is 3.77. The summed E-state index contributed by atoms with van der Waals surface area (Å²) in [5.41, 5.74) is 2.79. The van der Waals surface area contributed by atoms with Gasteiger partial charge < -0.3 is 15.0 Å². The number of H-pyrrole nitrogens is 1. The second-order valence-electron chi connectivity index (χ2n) is 5.58. The number of hydrogen-bond acceptors (Lipinski definition) is 3. The molecule has 0 spiro atoms. The van der Waals surface area contributed by atoms with Gasteiger partial charge in [0.25, 0.3) is 5.91 Å². The molecule has 25 heavy (non-hydrogen) atoms. The smallest absolute Gasteiger partial charge is 0.306 e. The van der Waals surface area contributed by atoms with Crippen LogP contribution in [0, 0.1) is 3.57 Å². The summed E-state index contributed by atoms with van der Waals surface area (Å²) in [6.07, 6.45) is 2.71. The van der Waals surface area contributed by atoms with E-state index in [2.05, 4.69) is 32.9 Å². The molecule has 0 aliphatic rings. The number of hydrogen-bond donors (Lipinski definition) is 2. The summed E-state index contributed by atoms with van der Waals surface area (Å²) in [5, 5.41) is 3.80. The number of carbonyl (C=O) groups is 2. The fourth-order valence-corrected chi connectivity index (χ4v) is 2.88. The summed E-state index contributed by atoms with van der Waals surface area (Å²) in [6.45, 7) is -0.279. The topological polar surface area (TPSA) is 71.2 Å². The highest BCUT2D eigenvalue weighted by molar-refractivity contribution is 14.1. The van der Waals surface area contributed by atoms with Gasteiger partial charge in [-0.1, -0.05) is 18.2 Å². The standard InChI is InChI=1S/C19H17IN2O3/c20-14-6-8-15(9-7-14)22-18(23)12-25-19(24)10-5-13-11-21-17-4-2-1-3-16(13)17/h1-4,6-9,11,21H,5,10,12H2,(H,22,23). The first-order valence-electron chi connectivity index (χ1n) is 7.88. The normalized spacial score (nSPS) is 10.6. The largest absolute Gasteiger partial charge is 0.456 e. The SMILES string of the molecule is O=C(COC(=O)CCc1c[nH]c2ccccc12)Nc1ccc(I)cc1. The number of carbonyl (C=O) groups excluding carboxylic acids is 2. The molecule has 0 saturated heterocycles. The molecule has 0 unspecified atom stereocenters. The molecule has 5 nitrogen and oxygen atoms in total. The lowest BCUT2D eigenvalue weighted by Crippen LogP contribution is -2.21. The Hall–Kier alpha value is -2.35. The van der Waals surface area contributed by atoms with Crippen LogP contribution in [0.2, 0.25) is 0 Å². The van der Waals surface area contributed by atoms with Crippen LogP contribution in [0.15, 0.2) is 54.7 Å². The van der Waals surface area contributed by atoms with Gasteiger partial charge in [0.15, 0.2) is 6.61 Å². The van der Waals surface area contributed by atoms with Gasteiger partial charge in [0, 0.05) is 32.8 Å². The van der Waals surface area contributed by atoms with Gasteiger partial charge in [-0.2, -0.15) is 0 Å². The van der Waals surface area contributed by atoms with Crippen molar-refractivity contribution in [3.05, 3.63) is 63.9 Å². The van der Waals surface area contributed by atoms with Crippen molar-refractivity contribution in [2.45, 2.75) is 12.8 Å². The number of ether oxygens (including phenoxy) is 1. The molecule has 0 bridgehead atoms. The Balaban J connectivity index is 1.44. The highest BCUT2D eigenvalue weighted by Crippen LogP contribution is 2.19. The maximum Gasteiger partial charge on any atom is 0.306 e. The van der Waals surface area contributed by atoms with E-state index in [1.807, 2.05) is 42.6 Å². The summed E-state index contributed by atoms with van der Waals surface area (Å²) >= 11 is 2.19. The number of aromatic nitrogens is 1. The lowest BCUT2D eigenvalue weighted by Gasteiger charge is -2.06. The fraction of sp³-hybridized carbons (Fsp3) is 0.158. The molecular formula is C19H17IN2O3. The first kappa shape index (κ1) is 17.5. The number of rotatable bonds is 6. The van der Waals surface area contributed by atoms with Crippen molar-refractivity contribution in [3.8, 4) is 0 Å². The quantitative estimate of drug-likeness (QED) is 0.444. The molecule has 0 radical (unpaired) electrons. The Labute approximate surface area is 158 Å². The molecule has 3 aromatic rings. The Morgan fingerprint density at radius 1 is 1.08 bits per heavy atom. The Bertz CT molecular complexity index is 887. The van der Waals surface area contributed by atoms with Crippen molar-refractivity contribution in [1.29, 1.82) is 0 Å². The number of amides is 1. The van der Waals surface area contributed by atoms with Crippen LogP contribution in [0.4, 0.5) is 5.69 Å². The Morgan fingerprint density at radius 3 is 2.64 bits per heavy atom. The second kappa shape index (κ2) is 8.15. The first-order chi connectivity index (χ1) is 12.1. The Kier molecular flexibility index (Phi) is 5.70. The van der Waals surface area contributed by atoms with E-state index in [9.17, 15) is 9.59 Å². The van der Waals surface area contributed by atoms with Gasteiger partial charge in [-0.25, -0.2) is 0 Å². The molecule has 1 amide bonds. The molecule has 2 aromatic carbocycles. The van der Waals surface area contributed by atoms with E-state index < -0.39 is 0 Å². The number of benzene rings is 2. The molecule has 0 fully saturated rings. The van der Waals surface area contributed by atoms with Gasteiger partial charge in [-0.3, -0.25) is 9.59 Å². The summed E-state index contributed by atoms with van der Waals surface area (Å²) in [7, 11) is 0. The lowest BCUT2D eigenvalue weighted by atomic mass is 10.1. The van der Waals surface area contributed by atoms with E-state index in [1.54, 1.807) is 12.1 Å². The maximum absolute atomic E-state index is 11.9. The molecule has 2 N–H and O–H groups in total. The maximum atomic E-state index is 11.9. The van der Waals surface area contributed by atoms with E-state index in [-0.39, 0.29) is 24.9 Å². The highest BCUT2D eigenvalue weighted by atomic mass is 127. The minimum atomic E-state index is -0.386. The summed E-state index contributed by atoms with van der Waals surface area (Å²) < 4.78 is 6.13. The van der Waals surface area contributed by atoms with Crippen molar-refractivity contribution in [1.82, 2.24) is 4.98 Å². The summed E-state index contributed by atoms with van der Waals surface area (Å²) in [6, 6.07) is 15.3. The molecule has 0 atom stereocenters. The molecule has 1 heterocycles. The van der Waals surface area contributed by atoms with E-state index in [1.165, 1.54) is 0 Å². The van der Waals surface area contributed by atoms with Crippen LogP contribution >= 0.6 is 22.6 Å². The zero-order valence-corrected chi connectivity index (χ0v) is 15.6. The number of esters is 1. The molecule has 0 aliphatic carbocycles.